The fourth-order valence-electron chi connectivity index (χ4n) is 4.17. The van der Waals surface area contributed by atoms with Crippen LogP contribution < -0.4 is 4.90 Å². The zero-order valence-corrected chi connectivity index (χ0v) is 17.8. The van der Waals surface area contributed by atoms with Gasteiger partial charge in [0.2, 0.25) is 5.91 Å². The maximum Gasteiger partial charge on any atom is 0.416 e. The minimum atomic E-state index is -4.41. The van der Waals surface area contributed by atoms with Gasteiger partial charge in [-0.1, -0.05) is 12.1 Å². The molecule has 0 bridgehead atoms. The molecule has 1 aliphatic rings. The van der Waals surface area contributed by atoms with Crippen molar-refractivity contribution < 1.29 is 18.0 Å². The fourth-order valence-corrected chi connectivity index (χ4v) is 4.17. The van der Waals surface area contributed by atoms with Crippen LogP contribution >= 0.6 is 0 Å². The van der Waals surface area contributed by atoms with Gasteiger partial charge in [-0.05, 0) is 66.9 Å². The quantitative estimate of drug-likeness (QED) is 0.597. The largest absolute Gasteiger partial charge is 0.416 e. The third kappa shape index (κ3) is 4.37. The molecule has 0 N–H and O–H groups in total. The molecule has 1 unspecified atom stereocenters. The SMILES string of the molecule is CCN(C(=O)C1CCN(c2ccc3nnnn3n2)CC1)C(C)c1cccc(C(F)(F)F)c1. The van der Waals surface area contributed by atoms with E-state index >= 15 is 0 Å². The van der Waals surface area contributed by atoms with E-state index in [0.717, 1.165) is 18.0 Å². The van der Waals surface area contributed by atoms with Gasteiger partial charge >= 0.3 is 6.18 Å². The van der Waals surface area contributed by atoms with Gasteiger partial charge in [-0.3, -0.25) is 4.79 Å². The minimum Gasteiger partial charge on any atom is -0.355 e. The summed E-state index contributed by atoms with van der Waals surface area (Å²) in [6, 6.07) is 8.39. The van der Waals surface area contributed by atoms with Gasteiger partial charge in [0.15, 0.2) is 11.5 Å². The monoisotopic (exact) mass is 447 g/mol. The molecule has 2 aromatic heterocycles. The summed E-state index contributed by atoms with van der Waals surface area (Å²) in [6.45, 7) is 5.34. The smallest absolute Gasteiger partial charge is 0.355 e. The summed E-state index contributed by atoms with van der Waals surface area (Å²) in [5.41, 5.74) is 0.332. The second-order valence-electron chi connectivity index (χ2n) is 7.90. The van der Waals surface area contributed by atoms with Crippen LogP contribution in [0.25, 0.3) is 5.65 Å². The van der Waals surface area contributed by atoms with Gasteiger partial charge in [0.25, 0.3) is 0 Å². The summed E-state index contributed by atoms with van der Waals surface area (Å²) in [5.74, 6) is 0.526. The first-order valence-electron chi connectivity index (χ1n) is 10.6. The number of amides is 1. The molecule has 1 fully saturated rings. The molecule has 8 nitrogen and oxygen atoms in total. The third-order valence-corrected chi connectivity index (χ3v) is 6.01. The van der Waals surface area contributed by atoms with Crippen LogP contribution in [0.2, 0.25) is 0 Å². The lowest BCUT2D eigenvalue weighted by Crippen LogP contribution is -2.43. The Hall–Kier alpha value is -3.24. The van der Waals surface area contributed by atoms with Gasteiger partial charge in [0, 0.05) is 25.6 Å². The van der Waals surface area contributed by atoms with Crippen LogP contribution in [0, 0.1) is 5.92 Å². The van der Waals surface area contributed by atoms with Crippen LogP contribution in [0.1, 0.15) is 43.9 Å². The van der Waals surface area contributed by atoms with Gasteiger partial charge in [-0.25, -0.2) is 0 Å². The number of benzene rings is 1. The minimum absolute atomic E-state index is 0.0269. The predicted octanol–water partition coefficient (Wildman–Crippen LogP) is 3.36. The first-order chi connectivity index (χ1) is 15.3. The molecule has 1 aromatic carbocycles. The van der Waals surface area contributed by atoms with Gasteiger partial charge in [-0.2, -0.15) is 13.2 Å². The molecule has 0 saturated carbocycles. The first-order valence-corrected chi connectivity index (χ1v) is 10.6. The molecule has 1 amide bonds. The topological polar surface area (TPSA) is 79.5 Å². The highest BCUT2D eigenvalue weighted by atomic mass is 19.4. The number of piperidine rings is 1. The molecule has 4 rings (SSSR count). The summed E-state index contributed by atoms with van der Waals surface area (Å²) in [7, 11) is 0. The first kappa shape index (κ1) is 22.0. The van der Waals surface area contributed by atoms with Gasteiger partial charge < -0.3 is 9.80 Å². The number of nitrogens with zero attached hydrogens (tertiary/aromatic N) is 7. The zero-order chi connectivity index (χ0) is 22.9. The van der Waals surface area contributed by atoms with E-state index in [2.05, 4.69) is 25.5 Å². The van der Waals surface area contributed by atoms with E-state index in [0.29, 0.717) is 43.7 Å². The molecule has 1 atom stereocenters. The molecule has 0 aliphatic carbocycles. The number of halogens is 3. The van der Waals surface area contributed by atoms with E-state index in [4.69, 9.17) is 0 Å². The van der Waals surface area contributed by atoms with E-state index in [1.54, 1.807) is 24.0 Å². The summed E-state index contributed by atoms with van der Waals surface area (Å²) in [5, 5.41) is 15.6. The number of fused-ring (bicyclic) bond motifs is 1. The number of tetrazole rings is 1. The maximum absolute atomic E-state index is 13.2. The lowest BCUT2D eigenvalue weighted by Gasteiger charge is -2.36. The Balaban J connectivity index is 1.43. The second-order valence-corrected chi connectivity index (χ2v) is 7.90. The number of aromatic nitrogens is 5. The summed E-state index contributed by atoms with van der Waals surface area (Å²) >= 11 is 0. The van der Waals surface area contributed by atoms with E-state index in [-0.39, 0.29) is 11.8 Å². The molecule has 0 radical (unpaired) electrons. The van der Waals surface area contributed by atoms with E-state index in [1.807, 2.05) is 13.0 Å². The maximum atomic E-state index is 13.2. The van der Waals surface area contributed by atoms with Crippen molar-refractivity contribution in [1.29, 1.82) is 0 Å². The molecule has 1 aliphatic heterocycles. The Bertz CT molecular complexity index is 1090. The van der Waals surface area contributed by atoms with Crippen molar-refractivity contribution in [3.63, 3.8) is 0 Å². The third-order valence-electron chi connectivity index (χ3n) is 6.01. The van der Waals surface area contributed by atoms with E-state index in [1.165, 1.54) is 10.7 Å². The predicted molar refractivity (Wildman–Crippen MR) is 111 cm³/mol. The normalized spacial score (nSPS) is 16.3. The lowest BCUT2D eigenvalue weighted by atomic mass is 9.93. The summed E-state index contributed by atoms with van der Waals surface area (Å²) < 4.78 is 40.7. The second kappa shape index (κ2) is 8.71. The fraction of sp³-hybridized carbons (Fsp3) is 0.476. The molecular formula is C21H24F3N7O. The molecular weight excluding hydrogens is 423 g/mol. The molecule has 32 heavy (non-hydrogen) atoms. The van der Waals surface area contributed by atoms with E-state index < -0.39 is 17.8 Å². The highest BCUT2D eigenvalue weighted by Gasteiger charge is 2.33. The zero-order valence-electron chi connectivity index (χ0n) is 17.8. The highest BCUT2D eigenvalue weighted by Crippen LogP contribution is 2.33. The van der Waals surface area contributed by atoms with Gasteiger partial charge in [0.1, 0.15) is 0 Å². The van der Waals surface area contributed by atoms with Crippen molar-refractivity contribution in [2.75, 3.05) is 24.5 Å². The number of rotatable bonds is 5. The number of hydrogen-bond acceptors (Lipinski definition) is 6. The van der Waals surface area contributed by atoms with Crippen LogP contribution in [0.4, 0.5) is 19.0 Å². The van der Waals surface area contributed by atoms with Crippen molar-refractivity contribution in [2.45, 2.75) is 38.9 Å². The Labute approximate surface area is 183 Å². The number of anilines is 1. The number of carbonyl (C=O) groups is 1. The van der Waals surface area contributed by atoms with Gasteiger partial charge in [-0.15, -0.1) is 14.8 Å². The average molecular weight is 447 g/mol. The number of carbonyl (C=O) groups excluding carboxylic acids is 1. The van der Waals surface area contributed by atoms with Gasteiger partial charge in [0.05, 0.1) is 11.6 Å². The Morgan fingerprint density at radius 3 is 2.66 bits per heavy atom. The number of alkyl halides is 3. The van der Waals surface area contributed by atoms with E-state index in [9.17, 15) is 18.0 Å². The molecule has 1 saturated heterocycles. The van der Waals surface area contributed by atoms with Crippen molar-refractivity contribution in [3.05, 3.63) is 47.5 Å². The average Bonchev–Trinajstić information content (AvgIpc) is 3.27. The van der Waals surface area contributed by atoms with Crippen molar-refractivity contribution in [1.82, 2.24) is 30.2 Å². The van der Waals surface area contributed by atoms with Crippen LogP contribution in [0.3, 0.4) is 0 Å². The molecule has 0 spiro atoms. The standard InChI is InChI=1S/C21H24F3N7O/c1-3-30(14(2)16-5-4-6-17(13-16)21(22,23)24)20(32)15-9-11-29(12-10-15)19-8-7-18-25-27-28-31(18)26-19/h4-8,13-15H,3,9-12H2,1-2H3. The molecule has 3 heterocycles. The summed E-state index contributed by atoms with van der Waals surface area (Å²) in [4.78, 5) is 17.0. The Morgan fingerprint density at radius 1 is 1.22 bits per heavy atom. The molecule has 11 heteroatoms. The van der Waals surface area contributed by atoms with Crippen molar-refractivity contribution in [3.8, 4) is 0 Å². The summed E-state index contributed by atoms with van der Waals surface area (Å²) in [6.07, 6.45) is -3.14. The number of hydrogen-bond donors (Lipinski definition) is 0. The van der Waals surface area contributed by atoms with Crippen molar-refractivity contribution in [2.24, 2.45) is 5.92 Å². The van der Waals surface area contributed by atoms with Crippen LogP contribution in [0.15, 0.2) is 36.4 Å². The van der Waals surface area contributed by atoms with Crippen LogP contribution in [0.5, 0.6) is 0 Å². The highest BCUT2D eigenvalue weighted by molar-refractivity contribution is 5.79. The lowest BCUT2D eigenvalue weighted by molar-refractivity contribution is -0.138. The molecule has 3 aromatic rings. The Morgan fingerprint density at radius 2 is 1.97 bits per heavy atom. The van der Waals surface area contributed by atoms with Crippen molar-refractivity contribution >= 4 is 17.4 Å². The Kier molecular flexibility index (Phi) is 5.98. The van der Waals surface area contributed by atoms with Crippen LogP contribution in [-0.4, -0.2) is 55.7 Å². The molecule has 170 valence electrons. The van der Waals surface area contributed by atoms with Crippen LogP contribution in [-0.2, 0) is 11.0 Å².